The summed E-state index contributed by atoms with van der Waals surface area (Å²) in [5.41, 5.74) is 3.18. The van der Waals surface area contributed by atoms with E-state index in [-0.39, 0.29) is 5.91 Å². The van der Waals surface area contributed by atoms with E-state index in [1.54, 1.807) is 0 Å². The molecule has 3 rings (SSSR count). The number of carbonyl (C=O) groups is 1. The number of ether oxygens (including phenoxy) is 1. The van der Waals surface area contributed by atoms with Crippen LogP contribution in [0, 0.1) is 6.92 Å². The molecule has 2 aromatic rings. The van der Waals surface area contributed by atoms with Crippen molar-refractivity contribution in [2.45, 2.75) is 32.7 Å². The van der Waals surface area contributed by atoms with Crippen LogP contribution in [0.2, 0.25) is 0 Å². The third kappa shape index (κ3) is 4.26. The van der Waals surface area contributed by atoms with Crippen LogP contribution in [0.4, 0.5) is 5.82 Å². The third-order valence-electron chi connectivity index (χ3n) is 4.43. The monoisotopic (exact) mass is 340 g/mol. The maximum atomic E-state index is 12.5. The molecule has 0 spiro atoms. The van der Waals surface area contributed by atoms with Gasteiger partial charge in [-0.25, -0.2) is 0 Å². The molecule has 6 nitrogen and oxygen atoms in total. The fraction of sp³-hybridized carbons (Fsp3) is 0.421. The highest BCUT2D eigenvalue weighted by molar-refractivity contribution is 5.76. The van der Waals surface area contributed by atoms with E-state index in [1.807, 2.05) is 49.2 Å². The van der Waals surface area contributed by atoms with Crippen LogP contribution in [0.15, 0.2) is 30.3 Å². The van der Waals surface area contributed by atoms with Crippen molar-refractivity contribution in [2.75, 3.05) is 25.5 Å². The summed E-state index contributed by atoms with van der Waals surface area (Å²) < 4.78 is 5.76. The van der Waals surface area contributed by atoms with Gasteiger partial charge in [0.25, 0.3) is 0 Å². The van der Waals surface area contributed by atoms with Crippen LogP contribution in [-0.2, 0) is 17.8 Å². The van der Waals surface area contributed by atoms with Gasteiger partial charge in [0.1, 0.15) is 11.6 Å². The Balaban J connectivity index is 1.48. The van der Waals surface area contributed by atoms with Crippen molar-refractivity contribution in [3.8, 4) is 5.75 Å². The highest BCUT2D eigenvalue weighted by Crippen LogP contribution is 2.20. The molecule has 1 aliphatic rings. The van der Waals surface area contributed by atoms with Gasteiger partial charge in [-0.15, -0.1) is 5.10 Å². The molecule has 0 aliphatic carbocycles. The van der Waals surface area contributed by atoms with Crippen molar-refractivity contribution in [1.82, 2.24) is 15.1 Å². The second-order valence-electron chi connectivity index (χ2n) is 6.23. The zero-order chi connectivity index (χ0) is 17.6. The number of fused-ring (bicyclic) bond motifs is 1. The Morgan fingerprint density at radius 3 is 2.96 bits per heavy atom. The number of nitrogens with zero attached hydrogens (tertiary/aromatic N) is 3. The fourth-order valence-corrected chi connectivity index (χ4v) is 2.95. The third-order valence-corrected chi connectivity index (χ3v) is 4.43. The summed E-state index contributed by atoms with van der Waals surface area (Å²) >= 11 is 0. The average Bonchev–Trinajstić information content (AvgIpc) is 2.65. The largest absolute Gasteiger partial charge is 0.493 e. The molecule has 1 aromatic carbocycles. The molecule has 25 heavy (non-hydrogen) atoms. The van der Waals surface area contributed by atoms with Crippen LogP contribution < -0.4 is 10.1 Å². The topological polar surface area (TPSA) is 67.4 Å². The number of nitrogens with one attached hydrogen (secondary N) is 1. The summed E-state index contributed by atoms with van der Waals surface area (Å²) in [6.07, 6.45) is 1.98. The lowest BCUT2D eigenvalue weighted by Crippen LogP contribution is -2.36. The second-order valence-corrected chi connectivity index (χ2v) is 6.23. The molecule has 6 heteroatoms. The lowest BCUT2D eigenvalue weighted by atomic mass is 10.1. The van der Waals surface area contributed by atoms with E-state index in [1.165, 1.54) is 0 Å². The molecule has 0 atom stereocenters. The van der Waals surface area contributed by atoms with Crippen LogP contribution in [0.1, 0.15) is 29.7 Å². The van der Waals surface area contributed by atoms with Gasteiger partial charge in [0, 0.05) is 33.0 Å². The summed E-state index contributed by atoms with van der Waals surface area (Å²) in [6.45, 7) is 3.89. The molecule has 132 valence electrons. The maximum Gasteiger partial charge on any atom is 0.223 e. The van der Waals surface area contributed by atoms with Crippen molar-refractivity contribution in [3.05, 3.63) is 47.2 Å². The molecular formula is C19H24N4O2. The summed E-state index contributed by atoms with van der Waals surface area (Å²) in [7, 11) is 1.82. The van der Waals surface area contributed by atoms with Gasteiger partial charge in [-0.2, -0.15) is 5.10 Å². The first-order valence-electron chi connectivity index (χ1n) is 8.67. The summed E-state index contributed by atoms with van der Waals surface area (Å²) in [5.74, 6) is 1.79. The maximum absolute atomic E-state index is 12.5. The quantitative estimate of drug-likeness (QED) is 0.819. The minimum absolute atomic E-state index is 0.168. The van der Waals surface area contributed by atoms with Crippen molar-refractivity contribution < 1.29 is 9.53 Å². The number of hydrogen-bond donors (Lipinski definition) is 1. The molecule has 0 bridgehead atoms. The van der Waals surface area contributed by atoms with E-state index < -0.39 is 0 Å². The van der Waals surface area contributed by atoms with E-state index in [2.05, 4.69) is 15.5 Å². The van der Waals surface area contributed by atoms with Crippen molar-refractivity contribution >= 4 is 11.7 Å². The lowest BCUT2D eigenvalue weighted by molar-refractivity contribution is -0.132. The van der Waals surface area contributed by atoms with E-state index in [9.17, 15) is 4.79 Å². The Hall–Kier alpha value is -2.63. The van der Waals surface area contributed by atoms with E-state index in [0.717, 1.165) is 34.8 Å². The first-order chi connectivity index (χ1) is 12.2. The molecule has 1 N–H and O–H groups in total. The van der Waals surface area contributed by atoms with E-state index in [4.69, 9.17) is 4.74 Å². The lowest BCUT2D eigenvalue weighted by Gasteiger charge is -2.28. The molecule has 1 amide bonds. The van der Waals surface area contributed by atoms with E-state index >= 15 is 0 Å². The average molecular weight is 340 g/mol. The van der Waals surface area contributed by atoms with Gasteiger partial charge in [-0.05, 0) is 36.6 Å². The van der Waals surface area contributed by atoms with Gasteiger partial charge >= 0.3 is 0 Å². The number of aromatic nitrogens is 2. The second kappa shape index (κ2) is 7.96. The first kappa shape index (κ1) is 17.2. The minimum atomic E-state index is 0.168. The first-order valence-corrected chi connectivity index (χ1v) is 8.67. The standard InChI is InChI=1S/C19H24N4O2/c1-14-6-3-4-7-17(14)25-11-5-8-19(24)23-10-9-16-15(13-23)12-18(20-2)22-21-16/h3-4,6-7,12H,5,8-11,13H2,1-2H3,(H,20,22). The van der Waals surface area contributed by atoms with Crippen LogP contribution in [-0.4, -0.2) is 41.2 Å². The van der Waals surface area contributed by atoms with Crippen molar-refractivity contribution in [3.63, 3.8) is 0 Å². The highest BCUT2D eigenvalue weighted by atomic mass is 16.5. The van der Waals surface area contributed by atoms with E-state index in [0.29, 0.717) is 32.5 Å². The molecular weight excluding hydrogens is 316 g/mol. The van der Waals surface area contributed by atoms with Gasteiger partial charge in [0.2, 0.25) is 5.91 Å². The Morgan fingerprint density at radius 1 is 1.32 bits per heavy atom. The Bertz CT molecular complexity index is 748. The predicted octanol–water partition coefficient (Wildman–Crippen LogP) is 2.57. The molecule has 0 radical (unpaired) electrons. The van der Waals surface area contributed by atoms with Gasteiger partial charge in [-0.3, -0.25) is 4.79 Å². The van der Waals surface area contributed by atoms with Crippen LogP contribution in [0.5, 0.6) is 5.75 Å². The smallest absolute Gasteiger partial charge is 0.223 e. The number of para-hydroxylation sites is 1. The zero-order valence-corrected chi connectivity index (χ0v) is 14.8. The number of anilines is 1. The summed E-state index contributed by atoms with van der Waals surface area (Å²) in [4.78, 5) is 14.4. The molecule has 0 saturated heterocycles. The van der Waals surface area contributed by atoms with Gasteiger partial charge in [-0.1, -0.05) is 18.2 Å². The van der Waals surface area contributed by atoms with Crippen LogP contribution in [0.25, 0.3) is 0 Å². The van der Waals surface area contributed by atoms with Crippen LogP contribution in [0.3, 0.4) is 0 Å². The van der Waals surface area contributed by atoms with Gasteiger partial charge in [0.15, 0.2) is 0 Å². The van der Waals surface area contributed by atoms with Gasteiger partial charge < -0.3 is 15.0 Å². The molecule has 0 unspecified atom stereocenters. The normalized spacial score (nSPS) is 13.3. The SMILES string of the molecule is CNc1cc2c(nn1)CCN(C(=O)CCCOc1ccccc1C)C2. The number of hydrogen-bond acceptors (Lipinski definition) is 5. The number of carbonyl (C=O) groups excluding carboxylic acids is 1. The van der Waals surface area contributed by atoms with Gasteiger partial charge in [0.05, 0.1) is 12.3 Å². The summed E-state index contributed by atoms with van der Waals surface area (Å²) in [6, 6.07) is 9.90. The number of aryl methyl sites for hydroxylation is 1. The fourth-order valence-electron chi connectivity index (χ4n) is 2.95. The van der Waals surface area contributed by atoms with Crippen LogP contribution >= 0.6 is 0 Å². The van der Waals surface area contributed by atoms with Crippen molar-refractivity contribution in [1.29, 1.82) is 0 Å². The molecule has 2 heterocycles. The molecule has 0 saturated carbocycles. The molecule has 1 aliphatic heterocycles. The highest BCUT2D eigenvalue weighted by Gasteiger charge is 2.22. The Kier molecular flexibility index (Phi) is 5.48. The minimum Gasteiger partial charge on any atom is -0.493 e. The number of amides is 1. The zero-order valence-electron chi connectivity index (χ0n) is 14.8. The number of benzene rings is 1. The Labute approximate surface area is 148 Å². The molecule has 1 aromatic heterocycles. The van der Waals surface area contributed by atoms with Crippen molar-refractivity contribution in [2.24, 2.45) is 0 Å². The number of rotatable bonds is 6. The molecule has 0 fully saturated rings. The summed E-state index contributed by atoms with van der Waals surface area (Å²) in [5, 5.41) is 11.3. The predicted molar refractivity (Wildman–Crippen MR) is 96.6 cm³/mol. The Morgan fingerprint density at radius 2 is 2.16 bits per heavy atom.